The number of benzene rings is 1. The third-order valence-electron chi connectivity index (χ3n) is 4.11. The molecule has 0 saturated carbocycles. The van der Waals surface area contributed by atoms with Gasteiger partial charge in [0.2, 0.25) is 5.91 Å². The maximum atomic E-state index is 12.0. The number of hydrogen-bond acceptors (Lipinski definition) is 3. The third kappa shape index (κ3) is 4.24. The number of carbonyl (C=O) groups excluding carboxylic acids is 1. The normalized spacial score (nSPS) is 18.6. The van der Waals surface area contributed by atoms with Crippen LogP contribution in [0.5, 0.6) is 0 Å². The van der Waals surface area contributed by atoms with Gasteiger partial charge < -0.3 is 10.2 Å². The van der Waals surface area contributed by atoms with E-state index in [0.717, 1.165) is 38.2 Å². The Morgan fingerprint density at radius 1 is 1.36 bits per heavy atom. The van der Waals surface area contributed by atoms with Crippen LogP contribution < -0.4 is 10.2 Å². The van der Waals surface area contributed by atoms with Gasteiger partial charge in [-0.25, -0.2) is 0 Å². The average Bonchev–Trinajstić information content (AvgIpc) is 2.52. The van der Waals surface area contributed by atoms with Crippen molar-refractivity contribution in [2.75, 3.05) is 24.5 Å². The molecule has 0 aliphatic carbocycles. The zero-order chi connectivity index (χ0) is 16.2. The highest BCUT2D eigenvalue weighted by Gasteiger charge is 2.24. The van der Waals surface area contributed by atoms with Gasteiger partial charge in [0.15, 0.2) is 0 Å². The second-order valence-corrected chi connectivity index (χ2v) is 7.07. The number of nitrogens with one attached hydrogen (secondary N) is 1. The fourth-order valence-corrected chi connectivity index (χ4v) is 2.72. The van der Waals surface area contributed by atoms with Crippen molar-refractivity contribution in [1.82, 2.24) is 5.32 Å². The van der Waals surface area contributed by atoms with Gasteiger partial charge in [-0.3, -0.25) is 4.79 Å². The zero-order valence-corrected chi connectivity index (χ0v) is 13.7. The van der Waals surface area contributed by atoms with E-state index < -0.39 is 0 Å². The van der Waals surface area contributed by atoms with Crippen LogP contribution in [0.3, 0.4) is 0 Å². The first-order chi connectivity index (χ1) is 10.4. The second-order valence-electron chi connectivity index (χ2n) is 7.07. The third-order valence-corrected chi connectivity index (χ3v) is 4.11. The number of hydrogen-bond donors (Lipinski definition) is 1. The molecule has 1 heterocycles. The van der Waals surface area contributed by atoms with Gasteiger partial charge in [-0.1, -0.05) is 20.8 Å². The van der Waals surface area contributed by atoms with Crippen LogP contribution in [0.2, 0.25) is 0 Å². The molecule has 4 heteroatoms. The van der Waals surface area contributed by atoms with E-state index >= 15 is 0 Å². The van der Waals surface area contributed by atoms with Crippen LogP contribution in [-0.4, -0.2) is 25.5 Å². The lowest BCUT2D eigenvalue weighted by molar-refractivity contribution is -0.128. The van der Waals surface area contributed by atoms with Crippen LogP contribution in [0.1, 0.15) is 39.2 Å². The van der Waals surface area contributed by atoms with Gasteiger partial charge in [-0.2, -0.15) is 5.26 Å². The number of anilines is 1. The van der Waals surface area contributed by atoms with Crippen molar-refractivity contribution in [3.05, 3.63) is 29.8 Å². The Morgan fingerprint density at radius 3 is 2.64 bits per heavy atom. The van der Waals surface area contributed by atoms with Crippen LogP contribution in [0.15, 0.2) is 24.3 Å². The molecule has 0 aromatic heterocycles. The molecule has 1 aromatic rings. The maximum Gasteiger partial charge on any atom is 0.225 e. The predicted molar refractivity (Wildman–Crippen MR) is 88.6 cm³/mol. The molecule has 1 unspecified atom stereocenters. The number of amides is 1. The molecular formula is C18H25N3O. The topological polar surface area (TPSA) is 56.1 Å². The molecular weight excluding hydrogens is 274 g/mol. The summed E-state index contributed by atoms with van der Waals surface area (Å²) < 4.78 is 0. The molecule has 1 aromatic carbocycles. The van der Waals surface area contributed by atoms with Gasteiger partial charge >= 0.3 is 0 Å². The minimum atomic E-state index is -0.332. The Labute approximate surface area is 133 Å². The molecule has 0 spiro atoms. The van der Waals surface area contributed by atoms with Gasteiger partial charge in [-0.05, 0) is 43.0 Å². The molecule has 1 amide bonds. The number of rotatable bonds is 3. The molecule has 0 radical (unpaired) electrons. The Morgan fingerprint density at radius 2 is 2.05 bits per heavy atom. The van der Waals surface area contributed by atoms with Crippen molar-refractivity contribution in [1.29, 1.82) is 5.26 Å². The number of nitrogens with zero attached hydrogens (tertiary/aromatic N) is 2. The summed E-state index contributed by atoms with van der Waals surface area (Å²) in [7, 11) is 0. The first-order valence-corrected chi connectivity index (χ1v) is 7.93. The lowest BCUT2D eigenvalue weighted by Gasteiger charge is -2.35. The van der Waals surface area contributed by atoms with E-state index in [4.69, 9.17) is 5.26 Å². The van der Waals surface area contributed by atoms with Crippen LogP contribution in [0.25, 0.3) is 0 Å². The van der Waals surface area contributed by atoms with Gasteiger partial charge in [-0.15, -0.1) is 0 Å². The first-order valence-electron chi connectivity index (χ1n) is 7.93. The second kappa shape index (κ2) is 6.83. The molecule has 1 N–H and O–H groups in total. The van der Waals surface area contributed by atoms with Crippen LogP contribution in [0, 0.1) is 22.7 Å². The first kappa shape index (κ1) is 16.4. The van der Waals surface area contributed by atoms with Gasteiger partial charge in [0.25, 0.3) is 0 Å². The standard InChI is InChI=1S/C18H25N3O/c1-18(2,3)17(22)20-12-15-5-4-10-21(13-15)16-8-6-14(11-19)7-9-16/h6-9,15H,4-5,10,12-13H2,1-3H3,(H,20,22). The van der Waals surface area contributed by atoms with Crippen molar-refractivity contribution in [3.8, 4) is 6.07 Å². The Kier molecular flexibility index (Phi) is 5.07. The van der Waals surface area contributed by atoms with E-state index in [1.165, 1.54) is 0 Å². The Balaban J connectivity index is 1.91. The monoisotopic (exact) mass is 299 g/mol. The van der Waals surface area contributed by atoms with Crippen molar-refractivity contribution in [3.63, 3.8) is 0 Å². The Hall–Kier alpha value is -2.02. The molecule has 1 aliphatic rings. The minimum Gasteiger partial charge on any atom is -0.371 e. The fourth-order valence-electron chi connectivity index (χ4n) is 2.72. The van der Waals surface area contributed by atoms with Crippen LogP contribution in [-0.2, 0) is 4.79 Å². The average molecular weight is 299 g/mol. The summed E-state index contributed by atoms with van der Waals surface area (Å²) in [6.07, 6.45) is 2.28. The summed E-state index contributed by atoms with van der Waals surface area (Å²) in [4.78, 5) is 14.3. The van der Waals surface area contributed by atoms with Crippen LogP contribution >= 0.6 is 0 Å². The van der Waals surface area contributed by atoms with Crippen molar-refractivity contribution in [2.45, 2.75) is 33.6 Å². The molecule has 22 heavy (non-hydrogen) atoms. The molecule has 1 aliphatic heterocycles. The minimum absolute atomic E-state index is 0.114. The molecule has 1 fully saturated rings. The molecule has 1 atom stereocenters. The summed E-state index contributed by atoms with van der Waals surface area (Å²) in [5.41, 5.74) is 1.52. The zero-order valence-electron chi connectivity index (χ0n) is 13.7. The quantitative estimate of drug-likeness (QED) is 0.933. The molecule has 1 saturated heterocycles. The Bertz CT molecular complexity index is 551. The SMILES string of the molecule is CC(C)(C)C(=O)NCC1CCCN(c2ccc(C#N)cc2)C1. The molecule has 4 nitrogen and oxygen atoms in total. The summed E-state index contributed by atoms with van der Waals surface area (Å²) in [6.45, 7) is 8.54. The number of piperidine rings is 1. The van der Waals surface area contributed by atoms with Gasteiger partial charge in [0.05, 0.1) is 11.6 Å². The van der Waals surface area contributed by atoms with E-state index in [-0.39, 0.29) is 11.3 Å². The summed E-state index contributed by atoms with van der Waals surface area (Å²) in [5.74, 6) is 0.596. The van der Waals surface area contributed by atoms with E-state index in [1.54, 1.807) is 0 Å². The smallest absolute Gasteiger partial charge is 0.225 e. The van der Waals surface area contributed by atoms with Crippen molar-refractivity contribution < 1.29 is 4.79 Å². The van der Waals surface area contributed by atoms with E-state index in [0.29, 0.717) is 11.5 Å². The highest BCUT2D eigenvalue weighted by Crippen LogP contribution is 2.23. The van der Waals surface area contributed by atoms with E-state index in [2.05, 4.69) is 16.3 Å². The summed E-state index contributed by atoms with van der Waals surface area (Å²) in [6, 6.07) is 9.89. The number of carbonyl (C=O) groups is 1. The van der Waals surface area contributed by atoms with Gasteiger partial charge in [0.1, 0.15) is 0 Å². The van der Waals surface area contributed by atoms with Gasteiger partial charge in [0, 0.05) is 30.7 Å². The lowest BCUT2D eigenvalue weighted by Crippen LogP contribution is -2.43. The predicted octanol–water partition coefficient (Wildman–Crippen LogP) is 2.94. The van der Waals surface area contributed by atoms with E-state index in [9.17, 15) is 4.79 Å². The molecule has 0 bridgehead atoms. The van der Waals surface area contributed by atoms with Crippen molar-refractivity contribution in [2.24, 2.45) is 11.3 Å². The number of nitriles is 1. The van der Waals surface area contributed by atoms with Crippen molar-refractivity contribution >= 4 is 11.6 Å². The highest BCUT2D eigenvalue weighted by molar-refractivity contribution is 5.81. The summed E-state index contributed by atoms with van der Waals surface area (Å²) in [5, 5.41) is 11.9. The summed E-state index contributed by atoms with van der Waals surface area (Å²) >= 11 is 0. The maximum absolute atomic E-state index is 12.0. The molecule has 2 rings (SSSR count). The molecule has 118 valence electrons. The highest BCUT2D eigenvalue weighted by atomic mass is 16.2. The van der Waals surface area contributed by atoms with Crippen LogP contribution in [0.4, 0.5) is 5.69 Å². The van der Waals surface area contributed by atoms with E-state index in [1.807, 2.05) is 45.0 Å². The fraction of sp³-hybridized carbons (Fsp3) is 0.556. The lowest BCUT2D eigenvalue weighted by atomic mass is 9.94. The largest absolute Gasteiger partial charge is 0.371 e.